The number of rotatable bonds is 10. The highest BCUT2D eigenvalue weighted by Crippen LogP contribution is 2.19. The first-order valence-electron chi connectivity index (χ1n) is 9.79. The van der Waals surface area contributed by atoms with Gasteiger partial charge < -0.3 is 26.8 Å². The maximum absolute atomic E-state index is 12.9. The molecule has 1 aliphatic heterocycles. The Bertz CT molecular complexity index is 677. The molecule has 1 heterocycles. The van der Waals surface area contributed by atoms with Crippen LogP contribution in [0.25, 0.3) is 0 Å². The molecule has 1 aromatic carbocycles. The van der Waals surface area contributed by atoms with Crippen molar-refractivity contribution in [3.8, 4) is 5.75 Å². The highest BCUT2D eigenvalue weighted by atomic mass is 16.3. The standard InChI is InChI=1S/C20H30N4O4/c21-12-2-1-4-16(20(28)24-13-3-5-17(24)19(22)27)23-18(26)11-8-14-6-9-15(25)10-7-14/h6-7,9-10,16-17,25H,1-5,8,11-13,21H2,(H2,22,27)(H,23,26)/t16-,17-/m0/s1. The number of primary amides is 1. The Morgan fingerprint density at radius 1 is 1.21 bits per heavy atom. The van der Waals surface area contributed by atoms with E-state index >= 15 is 0 Å². The number of aryl methyl sites for hydroxylation is 1. The fourth-order valence-electron chi connectivity index (χ4n) is 3.46. The van der Waals surface area contributed by atoms with Gasteiger partial charge in [-0.15, -0.1) is 0 Å². The second-order valence-electron chi connectivity index (χ2n) is 7.16. The number of unbranched alkanes of at least 4 members (excludes halogenated alkanes) is 1. The van der Waals surface area contributed by atoms with Gasteiger partial charge in [-0.2, -0.15) is 0 Å². The molecule has 8 heteroatoms. The van der Waals surface area contributed by atoms with Crippen molar-refractivity contribution >= 4 is 17.7 Å². The lowest BCUT2D eigenvalue weighted by molar-refractivity contribution is -0.140. The molecular weight excluding hydrogens is 360 g/mol. The highest BCUT2D eigenvalue weighted by molar-refractivity contribution is 5.92. The van der Waals surface area contributed by atoms with Crippen LogP contribution in [0.15, 0.2) is 24.3 Å². The summed E-state index contributed by atoms with van der Waals surface area (Å²) >= 11 is 0. The van der Waals surface area contributed by atoms with Crippen LogP contribution < -0.4 is 16.8 Å². The Balaban J connectivity index is 1.96. The number of hydrogen-bond acceptors (Lipinski definition) is 5. The van der Waals surface area contributed by atoms with Crippen LogP contribution in [0.3, 0.4) is 0 Å². The molecule has 6 N–H and O–H groups in total. The van der Waals surface area contributed by atoms with Gasteiger partial charge >= 0.3 is 0 Å². The van der Waals surface area contributed by atoms with Crippen LogP contribution in [0.2, 0.25) is 0 Å². The van der Waals surface area contributed by atoms with E-state index in [0.29, 0.717) is 38.8 Å². The molecule has 0 bridgehead atoms. The summed E-state index contributed by atoms with van der Waals surface area (Å²) in [4.78, 5) is 38.5. The molecule has 1 aromatic rings. The molecule has 0 saturated carbocycles. The number of phenolic OH excluding ortho intramolecular Hbond substituents is 1. The lowest BCUT2D eigenvalue weighted by Crippen LogP contribution is -2.52. The van der Waals surface area contributed by atoms with E-state index in [9.17, 15) is 19.5 Å². The van der Waals surface area contributed by atoms with Gasteiger partial charge in [0.2, 0.25) is 17.7 Å². The maximum Gasteiger partial charge on any atom is 0.245 e. The Morgan fingerprint density at radius 3 is 2.57 bits per heavy atom. The van der Waals surface area contributed by atoms with E-state index in [1.807, 2.05) is 0 Å². The maximum atomic E-state index is 12.9. The average Bonchev–Trinajstić information content (AvgIpc) is 3.16. The predicted octanol–water partition coefficient (Wildman–Crippen LogP) is 0.415. The molecule has 8 nitrogen and oxygen atoms in total. The van der Waals surface area contributed by atoms with Gasteiger partial charge in [-0.1, -0.05) is 12.1 Å². The van der Waals surface area contributed by atoms with Crippen LogP contribution >= 0.6 is 0 Å². The van der Waals surface area contributed by atoms with E-state index < -0.39 is 18.0 Å². The third-order valence-corrected chi connectivity index (χ3v) is 5.02. The third kappa shape index (κ3) is 6.23. The minimum atomic E-state index is -0.682. The summed E-state index contributed by atoms with van der Waals surface area (Å²) in [5, 5.41) is 12.1. The number of nitrogens with two attached hydrogens (primary N) is 2. The first-order chi connectivity index (χ1) is 13.4. The zero-order valence-electron chi connectivity index (χ0n) is 16.1. The minimum Gasteiger partial charge on any atom is -0.508 e. The summed E-state index contributed by atoms with van der Waals surface area (Å²) in [7, 11) is 0. The number of hydrogen-bond donors (Lipinski definition) is 4. The van der Waals surface area contributed by atoms with Crippen LogP contribution in [0.4, 0.5) is 0 Å². The number of phenols is 1. The van der Waals surface area contributed by atoms with Crippen molar-refractivity contribution in [2.24, 2.45) is 11.5 Å². The van der Waals surface area contributed by atoms with E-state index in [-0.39, 0.29) is 24.0 Å². The zero-order chi connectivity index (χ0) is 20.5. The van der Waals surface area contributed by atoms with Crippen molar-refractivity contribution in [2.45, 2.75) is 57.0 Å². The molecule has 2 atom stereocenters. The van der Waals surface area contributed by atoms with Crippen molar-refractivity contribution in [2.75, 3.05) is 13.1 Å². The van der Waals surface area contributed by atoms with Gasteiger partial charge in [0.25, 0.3) is 0 Å². The van der Waals surface area contributed by atoms with Gasteiger partial charge in [0.1, 0.15) is 17.8 Å². The number of amides is 3. The van der Waals surface area contributed by atoms with Gasteiger partial charge in [0, 0.05) is 13.0 Å². The van der Waals surface area contributed by atoms with Crippen molar-refractivity contribution in [3.63, 3.8) is 0 Å². The normalized spacial score (nSPS) is 17.3. The lowest BCUT2D eigenvalue weighted by Gasteiger charge is -2.28. The van der Waals surface area contributed by atoms with Crippen LogP contribution in [0, 0.1) is 0 Å². The topological polar surface area (TPSA) is 139 Å². The average molecular weight is 390 g/mol. The SMILES string of the molecule is NCCCC[C@H](NC(=O)CCc1ccc(O)cc1)C(=O)N1CCC[C@H]1C(N)=O. The Kier molecular flexibility index (Phi) is 8.25. The van der Waals surface area contributed by atoms with Gasteiger partial charge in [-0.3, -0.25) is 14.4 Å². The van der Waals surface area contributed by atoms with Crippen molar-refractivity contribution in [1.29, 1.82) is 0 Å². The number of benzene rings is 1. The quantitative estimate of drug-likeness (QED) is 0.429. The molecule has 154 valence electrons. The zero-order valence-corrected chi connectivity index (χ0v) is 16.1. The van der Waals surface area contributed by atoms with Gasteiger partial charge in [-0.25, -0.2) is 0 Å². The van der Waals surface area contributed by atoms with Crippen molar-refractivity contribution < 1.29 is 19.5 Å². The Labute approximate surface area is 165 Å². The summed E-state index contributed by atoms with van der Waals surface area (Å²) in [6.45, 7) is 0.993. The molecule has 0 spiro atoms. The van der Waals surface area contributed by atoms with E-state index in [2.05, 4.69) is 5.32 Å². The predicted molar refractivity (Wildman–Crippen MR) is 105 cm³/mol. The number of carbonyl (C=O) groups is 3. The molecule has 1 saturated heterocycles. The van der Waals surface area contributed by atoms with Crippen LogP contribution in [-0.4, -0.2) is 52.9 Å². The molecule has 28 heavy (non-hydrogen) atoms. The van der Waals surface area contributed by atoms with Crippen LogP contribution in [-0.2, 0) is 20.8 Å². The van der Waals surface area contributed by atoms with Crippen LogP contribution in [0.1, 0.15) is 44.1 Å². The molecule has 3 amide bonds. The van der Waals surface area contributed by atoms with Crippen molar-refractivity contribution in [3.05, 3.63) is 29.8 Å². The number of nitrogens with zero attached hydrogens (tertiary/aromatic N) is 1. The largest absolute Gasteiger partial charge is 0.508 e. The van der Waals surface area contributed by atoms with E-state index in [4.69, 9.17) is 11.5 Å². The Morgan fingerprint density at radius 2 is 1.93 bits per heavy atom. The van der Waals surface area contributed by atoms with Gasteiger partial charge in [0.15, 0.2) is 0 Å². The van der Waals surface area contributed by atoms with E-state index in [1.54, 1.807) is 24.3 Å². The monoisotopic (exact) mass is 390 g/mol. The molecular formula is C20H30N4O4. The lowest BCUT2D eigenvalue weighted by atomic mass is 10.1. The minimum absolute atomic E-state index is 0.174. The summed E-state index contributed by atoms with van der Waals surface area (Å²) in [5.74, 6) is -0.816. The first-order valence-corrected chi connectivity index (χ1v) is 9.79. The number of aromatic hydroxyl groups is 1. The molecule has 0 aromatic heterocycles. The van der Waals surface area contributed by atoms with Crippen molar-refractivity contribution in [1.82, 2.24) is 10.2 Å². The third-order valence-electron chi connectivity index (χ3n) is 5.02. The summed E-state index contributed by atoms with van der Waals surface area (Å²) in [5.41, 5.74) is 11.9. The smallest absolute Gasteiger partial charge is 0.245 e. The number of likely N-dealkylation sites (tertiary alicyclic amines) is 1. The van der Waals surface area contributed by atoms with E-state index in [0.717, 1.165) is 18.4 Å². The molecule has 2 rings (SSSR count). The molecule has 0 radical (unpaired) electrons. The molecule has 0 aliphatic carbocycles. The fraction of sp³-hybridized carbons (Fsp3) is 0.550. The fourth-order valence-corrected chi connectivity index (χ4v) is 3.46. The van der Waals surface area contributed by atoms with E-state index in [1.165, 1.54) is 4.90 Å². The number of nitrogens with one attached hydrogen (secondary N) is 1. The molecule has 0 unspecified atom stereocenters. The molecule has 1 aliphatic rings. The van der Waals surface area contributed by atoms with Gasteiger partial charge in [-0.05, 0) is 62.8 Å². The summed E-state index contributed by atoms with van der Waals surface area (Å²) < 4.78 is 0. The molecule has 1 fully saturated rings. The summed E-state index contributed by atoms with van der Waals surface area (Å²) in [6.07, 6.45) is 3.96. The highest BCUT2D eigenvalue weighted by Gasteiger charge is 2.36. The number of carbonyl (C=O) groups excluding carboxylic acids is 3. The first kappa shape index (κ1) is 21.7. The van der Waals surface area contributed by atoms with Crippen LogP contribution in [0.5, 0.6) is 5.75 Å². The van der Waals surface area contributed by atoms with Gasteiger partial charge in [0.05, 0.1) is 0 Å². The summed E-state index contributed by atoms with van der Waals surface area (Å²) in [6, 6.07) is 5.38. The second-order valence-corrected chi connectivity index (χ2v) is 7.16. The second kappa shape index (κ2) is 10.7. The Hall–Kier alpha value is -2.61.